The van der Waals surface area contributed by atoms with Crippen LogP contribution < -0.4 is 14.9 Å². The largest absolute Gasteiger partial charge is 0.417 e. The molecular formula is C19H22F4N4S. The van der Waals surface area contributed by atoms with Gasteiger partial charge in [0.15, 0.2) is 0 Å². The van der Waals surface area contributed by atoms with Gasteiger partial charge in [0.05, 0.1) is 16.5 Å². The molecule has 9 heteroatoms. The third-order valence-corrected chi connectivity index (χ3v) is 5.53. The predicted octanol–water partition coefficient (Wildman–Crippen LogP) is 4.56. The van der Waals surface area contributed by atoms with Crippen molar-refractivity contribution >= 4 is 23.5 Å². The van der Waals surface area contributed by atoms with Crippen LogP contribution in [0.2, 0.25) is 0 Å². The third-order valence-electron chi connectivity index (χ3n) is 4.96. The number of nitrogens with two attached hydrogens (primary N) is 1. The van der Waals surface area contributed by atoms with Crippen LogP contribution in [0, 0.1) is 11.7 Å². The van der Waals surface area contributed by atoms with E-state index in [0.29, 0.717) is 30.3 Å². The Morgan fingerprint density at radius 3 is 2.50 bits per heavy atom. The van der Waals surface area contributed by atoms with Crippen molar-refractivity contribution < 1.29 is 17.6 Å². The van der Waals surface area contributed by atoms with E-state index < -0.39 is 11.7 Å². The van der Waals surface area contributed by atoms with Gasteiger partial charge in [-0.05, 0) is 48.2 Å². The summed E-state index contributed by atoms with van der Waals surface area (Å²) >= 11 is 0.867. The summed E-state index contributed by atoms with van der Waals surface area (Å²) < 4.78 is 52.1. The van der Waals surface area contributed by atoms with Gasteiger partial charge in [-0.1, -0.05) is 13.8 Å². The van der Waals surface area contributed by atoms with E-state index in [1.807, 2.05) is 4.90 Å². The Labute approximate surface area is 165 Å². The molecule has 0 aliphatic carbocycles. The lowest BCUT2D eigenvalue weighted by molar-refractivity contribution is -0.137. The molecule has 0 amide bonds. The van der Waals surface area contributed by atoms with Gasteiger partial charge in [-0.15, -0.1) is 0 Å². The molecule has 1 aromatic carbocycles. The van der Waals surface area contributed by atoms with Crippen molar-refractivity contribution in [3.8, 4) is 0 Å². The molecule has 4 nitrogen and oxygen atoms in total. The molecule has 1 fully saturated rings. The lowest BCUT2D eigenvalue weighted by Gasteiger charge is -2.45. The second-order valence-electron chi connectivity index (χ2n) is 7.09. The van der Waals surface area contributed by atoms with E-state index in [0.717, 1.165) is 29.9 Å². The lowest BCUT2D eigenvalue weighted by atomic mass is 9.99. The maximum absolute atomic E-state index is 13.7. The molecule has 1 aliphatic heterocycles. The summed E-state index contributed by atoms with van der Waals surface area (Å²) in [5.74, 6) is 0.420. The van der Waals surface area contributed by atoms with Gasteiger partial charge in [-0.3, -0.25) is 5.14 Å². The summed E-state index contributed by atoms with van der Waals surface area (Å²) in [5, 5.41) is 5.53. The Bertz CT molecular complexity index is 811. The standard InChI is InChI=1S/C19H22F4N4S/c1-12(2)16-11-26(14-4-5-15(20)17(9-14)28-24)7-8-27(16)18-6-3-13(10-25-18)19(21,22)23/h3-6,9-10,12,16H,7-8,11,24H2,1-2H3. The summed E-state index contributed by atoms with van der Waals surface area (Å²) in [6.45, 7) is 6.03. The van der Waals surface area contributed by atoms with E-state index in [2.05, 4.69) is 23.7 Å². The predicted molar refractivity (Wildman–Crippen MR) is 104 cm³/mol. The zero-order chi connectivity index (χ0) is 20.5. The fourth-order valence-electron chi connectivity index (χ4n) is 3.40. The number of benzene rings is 1. The van der Waals surface area contributed by atoms with Crippen LogP contribution in [0.4, 0.5) is 29.1 Å². The molecule has 0 radical (unpaired) electrons. The van der Waals surface area contributed by atoms with Crippen LogP contribution in [0.15, 0.2) is 41.4 Å². The van der Waals surface area contributed by atoms with E-state index in [-0.39, 0.29) is 17.8 Å². The Morgan fingerprint density at radius 2 is 1.93 bits per heavy atom. The maximum Gasteiger partial charge on any atom is 0.417 e. The minimum atomic E-state index is -4.40. The topological polar surface area (TPSA) is 45.4 Å². The quantitative estimate of drug-likeness (QED) is 0.587. The molecule has 152 valence electrons. The van der Waals surface area contributed by atoms with E-state index in [1.54, 1.807) is 12.1 Å². The Hall–Kier alpha value is -2.00. The van der Waals surface area contributed by atoms with Gasteiger partial charge in [-0.25, -0.2) is 9.37 Å². The summed E-state index contributed by atoms with van der Waals surface area (Å²) in [6, 6.07) is 7.39. The molecule has 3 rings (SSSR count). The van der Waals surface area contributed by atoms with E-state index >= 15 is 0 Å². The van der Waals surface area contributed by atoms with Crippen molar-refractivity contribution in [2.75, 3.05) is 29.4 Å². The van der Waals surface area contributed by atoms with Crippen molar-refractivity contribution in [3.05, 3.63) is 47.9 Å². The lowest BCUT2D eigenvalue weighted by Crippen LogP contribution is -2.55. The van der Waals surface area contributed by atoms with Crippen LogP contribution in [-0.4, -0.2) is 30.7 Å². The first-order chi connectivity index (χ1) is 13.2. The first-order valence-electron chi connectivity index (χ1n) is 8.92. The summed E-state index contributed by atoms with van der Waals surface area (Å²) in [5.41, 5.74) is 0.120. The van der Waals surface area contributed by atoms with Crippen LogP contribution in [-0.2, 0) is 6.18 Å². The average Bonchev–Trinajstić information content (AvgIpc) is 2.67. The molecule has 1 unspecified atom stereocenters. The van der Waals surface area contributed by atoms with E-state index in [4.69, 9.17) is 5.14 Å². The van der Waals surface area contributed by atoms with Crippen LogP contribution in [0.1, 0.15) is 19.4 Å². The van der Waals surface area contributed by atoms with Crippen molar-refractivity contribution in [1.29, 1.82) is 0 Å². The van der Waals surface area contributed by atoms with Crippen LogP contribution in [0.5, 0.6) is 0 Å². The summed E-state index contributed by atoms with van der Waals surface area (Å²) in [7, 11) is 0. The first-order valence-corrected chi connectivity index (χ1v) is 9.79. The molecular weight excluding hydrogens is 392 g/mol. The van der Waals surface area contributed by atoms with Gasteiger partial charge >= 0.3 is 6.18 Å². The zero-order valence-electron chi connectivity index (χ0n) is 15.6. The number of halogens is 4. The third kappa shape index (κ3) is 4.35. The van der Waals surface area contributed by atoms with Crippen LogP contribution in [0.25, 0.3) is 0 Å². The van der Waals surface area contributed by atoms with Gasteiger partial charge in [-0.2, -0.15) is 13.2 Å². The van der Waals surface area contributed by atoms with Crippen molar-refractivity contribution in [2.24, 2.45) is 11.1 Å². The second-order valence-corrected chi connectivity index (χ2v) is 7.76. The van der Waals surface area contributed by atoms with E-state index in [9.17, 15) is 17.6 Å². The molecule has 2 N–H and O–H groups in total. The molecule has 0 spiro atoms. The average molecular weight is 414 g/mol. The smallest absolute Gasteiger partial charge is 0.368 e. The van der Waals surface area contributed by atoms with E-state index in [1.165, 1.54) is 12.1 Å². The van der Waals surface area contributed by atoms with Gasteiger partial charge in [0.25, 0.3) is 0 Å². The summed E-state index contributed by atoms with van der Waals surface area (Å²) in [6.07, 6.45) is -3.52. The second kappa shape index (κ2) is 8.16. The molecule has 1 aliphatic rings. The van der Waals surface area contributed by atoms with Gasteiger partial charge in [0.2, 0.25) is 0 Å². The van der Waals surface area contributed by atoms with Gasteiger partial charge in [0, 0.05) is 31.5 Å². The summed E-state index contributed by atoms with van der Waals surface area (Å²) in [4.78, 5) is 8.62. The Balaban J connectivity index is 1.81. The highest BCUT2D eigenvalue weighted by Gasteiger charge is 2.33. The molecule has 1 atom stereocenters. The number of pyridine rings is 1. The molecule has 2 aromatic rings. The van der Waals surface area contributed by atoms with Crippen molar-refractivity contribution in [2.45, 2.75) is 31.0 Å². The van der Waals surface area contributed by atoms with Crippen molar-refractivity contribution in [3.63, 3.8) is 0 Å². The number of hydrogen-bond acceptors (Lipinski definition) is 5. The molecule has 1 saturated heterocycles. The minimum absolute atomic E-state index is 0.0528. The highest BCUT2D eigenvalue weighted by Crippen LogP contribution is 2.32. The number of aromatic nitrogens is 1. The number of rotatable bonds is 4. The molecule has 0 saturated carbocycles. The molecule has 28 heavy (non-hydrogen) atoms. The van der Waals surface area contributed by atoms with Gasteiger partial charge < -0.3 is 9.80 Å². The van der Waals surface area contributed by atoms with Crippen LogP contribution >= 0.6 is 11.9 Å². The van der Waals surface area contributed by atoms with Gasteiger partial charge in [0.1, 0.15) is 11.6 Å². The zero-order valence-corrected chi connectivity index (χ0v) is 16.4. The Morgan fingerprint density at radius 1 is 1.18 bits per heavy atom. The maximum atomic E-state index is 13.7. The number of piperazine rings is 1. The first kappa shape index (κ1) is 20.7. The molecule has 2 heterocycles. The molecule has 1 aromatic heterocycles. The number of nitrogens with zero attached hydrogens (tertiary/aromatic N) is 3. The highest BCUT2D eigenvalue weighted by atomic mass is 32.2. The normalized spacial score (nSPS) is 18.1. The monoisotopic (exact) mass is 414 g/mol. The fourth-order valence-corrected chi connectivity index (χ4v) is 3.77. The number of hydrogen-bond donors (Lipinski definition) is 1. The minimum Gasteiger partial charge on any atom is -0.368 e. The Kier molecular flexibility index (Phi) is 6.04. The number of alkyl halides is 3. The highest BCUT2D eigenvalue weighted by molar-refractivity contribution is 7.97. The number of anilines is 2. The van der Waals surface area contributed by atoms with Crippen LogP contribution in [0.3, 0.4) is 0 Å². The SMILES string of the molecule is CC(C)C1CN(c2ccc(F)c(SN)c2)CCN1c1ccc(C(F)(F)F)cn1. The van der Waals surface area contributed by atoms with Crippen molar-refractivity contribution in [1.82, 2.24) is 4.98 Å². The fraction of sp³-hybridized carbons (Fsp3) is 0.421. The molecule has 0 bridgehead atoms.